The van der Waals surface area contributed by atoms with Crippen LogP contribution in [0.4, 0.5) is 18.0 Å². The third-order valence-electron chi connectivity index (χ3n) is 2.78. The Balaban J connectivity index is 2.48. The first-order chi connectivity index (χ1) is 9.36. The molecular weight excluding hydrogens is 273 g/mol. The molecule has 0 spiro atoms. The summed E-state index contributed by atoms with van der Waals surface area (Å²) in [4.78, 5) is 11.5. The van der Waals surface area contributed by atoms with Crippen LogP contribution in [-0.2, 0) is 12.7 Å². The van der Waals surface area contributed by atoms with E-state index in [0.717, 1.165) is 12.1 Å². The summed E-state index contributed by atoms with van der Waals surface area (Å²) < 4.78 is 37.1. The second-order valence-corrected chi connectivity index (χ2v) is 4.31. The monoisotopic (exact) mass is 290 g/mol. The fraction of sp³-hybridized carbons (Fsp3) is 0.462. The van der Waals surface area contributed by atoms with Crippen LogP contribution in [0.2, 0.25) is 0 Å². The molecule has 20 heavy (non-hydrogen) atoms. The minimum absolute atomic E-state index is 0.117. The first kappa shape index (κ1) is 16.3. The van der Waals surface area contributed by atoms with Crippen molar-refractivity contribution in [1.82, 2.24) is 10.6 Å². The molecule has 1 aromatic carbocycles. The fourth-order valence-corrected chi connectivity index (χ4v) is 1.51. The van der Waals surface area contributed by atoms with Crippen molar-refractivity contribution in [2.24, 2.45) is 0 Å². The zero-order valence-corrected chi connectivity index (χ0v) is 11.0. The van der Waals surface area contributed by atoms with Gasteiger partial charge in [0, 0.05) is 6.54 Å². The maximum atomic E-state index is 12.4. The van der Waals surface area contributed by atoms with Crippen molar-refractivity contribution in [3.05, 3.63) is 35.4 Å². The number of hydrogen-bond acceptors (Lipinski definition) is 2. The molecule has 0 saturated heterocycles. The molecule has 1 rings (SSSR count). The highest BCUT2D eigenvalue weighted by molar-refractivity contribution is 5.74. The lowest BCUT2D eigenvalue weighted by atomic mass is 10.1. The lowest BCUT2D eigenvalue weighted by Gasteiger charge is -2.15. The molecule has 112 valence electrons. The van der Waals surface area contributed by atoms with Crippen LogP contribution in [0.15, 0.2) is 24.3 Å². The van der Waals surface area contributed by atoms with Gasteiger partial charge in [-0.25, -0.2) is 4.79 Å². The van der Waals surface area contributed by atoms with Crippen molar-refractivity contribution >= 4 is 6.03 Å². The highest BCUT2D eigenvalue weighted by Crippen LogP contribution is 2.28. The summed E-state index contributed by atoms with van der Waals surface area (Å²) in [6, 6.07) is 3.77. The van der Waals surface area contributed by atoms with Crippen LogP contribution >= 0.6 is 0 Å². The van der Waals surface area contributed by atoms with E-state index in [0.29, 0.717) is 12.0 Å². The van der Waals surface area contributed by atoms with Crippen LogP contribution in [0, 0.1) is 0 Å². The SMILES string of the molecule is CCC(CO)NC(=O)NCc1ccc(C(F)(F)F)cc1. The van der Waals surface area contributed by atoms with E-state index in [1.807, 2.05) is 6.92 Å². The Hall–Kier alpha value is -1.76. The van der Waals surface area contributed by atoms with Gasteiger partial charge in [-0.15, -0.1) is 0 Å². The lowest BCUT2D eigenvalue weighted by molar-refractivity contribution is -0.137. The van der Waals surface area contributed by atoms with Crippen LogP contribution in [0.3, 0.4) is 0 Å². The number of amides is 2. The van der Waals surface area contributed by atoms with E-state index < -0.39 is 17.8 Å². The molecule has 1 atom stereocenters. The molecule has 4 nitrogen and oxygen atoms in total. The number of carbonyl (C=O) groups is 1. The Labute approximate surface area is 115 Å². The fourth-order valence-electron chi connectivity index (χ4n) is 1.51. The molecule has 0 aromatic heterocycles. The van der Waals surface area contributed by atoms with Gasteiger partial charge in [-0.3, -0.25) is 0 Å². The predicted octanol–water partition coefficient (Wildman–Crippen LogP) is 2.28. The number of aliphatic hydroxyl groups excluding tert-OH is 1. The van der Waals surface area contributed by atoms with Crippen molar-refractivity contribution in [1.29, 1.82) is 0 Å². The van der Waals surface area contributed by atoms with E-state index in [1.165, 1.54) is 12.1 Å². The number of carbonyl (C=O) groups excluding carboxylic acids is 1. The van der Waals surface area contributed by atoms with Gasteiger partial charge in [-0.1, -0.05) is 19.1 Å². The Morgan fingerprint density at radius 1 is 1.30 bits per heavy atom. The molecule has 2 amide bonds. The maximum Gasteiger partial charge on any atom is 0.416 e. The number of alkyl halides is 3. The van der Waals surface area contributed by atoms with E-state index in [9.17, 15) is 18.0 Å². The Morgan fingerprint density at radius 3 is 2.35 bits per heavy atom. The van der Waals surface area contributed by atoms with Gasteiger partial charge in [0.15, 0.2) is 0 Å². The Morgan fingerprint density at radius 2 is 1.90 bits per heavy atom. The smallest absolute Gasteiger partial charge is 0.394 e. The zero-order chi connectivity index (χ0) is 15.2. The standard InChI is InChI=1S/C13H17F3N2O2/c1-2-11(8-19)18-12(20)17-7-9-3-5-10(6-4-9)13(14,15)16/h3-6,11,19H,2,7-8H2,1H3,(H2,17,18,20). The number of nitrogens with one attached hydrogen (secondary N) is 2. The van der Waals surface area contributed by atoms with Crippen molar-refractivity contribution in [2.75, 3.05) is 6.61 Å². The first-order valence-corrected chi connectivity index (χ1v) is 6.18. The second-order valence-electron chi connectivity index (χ2n) is 4.31. The minimum atomic E-state index is -4.36. The van der Waals surface area contributed by atoms with Gasteiger partial charge in [-0.05, 0) is 24.1 Å². The van der Waals surface area contributed by atoms with Crippen LogP contribution in [-0.4, -0.2) is 23.8 Å². The Kier molecular flexibility index (Phi) is 5.82. The quantitative estimate of drug-likeness (QED) is 0.779. The van der Waals surface area contributed by atoms with Gasteiger partial charge in [-0.2, -0.15) is 13.2 Å². The molecule has 0 aliphatic heterocycles. The molecular formula is C13H17F3N2O2. The van der Waals surface area contributed by atoms with Gasteiger partial charge in [0.1, 0.15) is 0 Å². The second kappa shape index (κ2) is 7.14. The molecule has 0 heterocycles. The molecule has 0 bridgehead atoms. The number of halogens is 3. The van der Waals surface area contributed by atoms with Crippen molar-refractivity contribution in [3.8, 4) is 0 Å². The maximum absolute atomic E-state index is 12.4. The third-order valence-corrected chi connectivity index (χ3v) is 2.78. The molecule has 0 fully saturated rings. The minimum Gasteiger partial charge on any atom is -0.394 e. The van der Waals surface area contributed by atoms with Crippen LogP contribution in [0.5, 0.6) is 0 Å². The Bertz CT molecular complexity index is 428. The summed E-state index contributed by atoms with van der Waals surface area (Å²) in [5.41, 5.74) is -0.165. The summed E-state index contributed by atoms with van der Waals surface area (Å²) in [5, 5.41) is 14.0. The van der Waals surface area contributed by atoms with Gasteiger partial charge in [0.25, 0.3) is 0 Å². The number of benzene rings is 1. The first-order valence-electron chi connectivity index (χ1n) is 6.18. The molecule has 3 N–H and O–H groups in total. The molecule has 1 unspecified atom stereocenters. The van der Waals surface area contributed by atoms with E-state index >= 15 is 0 Å². The molecule has 1 aromatic rings. The summed E-state index contributed by atoms with van der Waals surface area (Å²) >= 11 is 0. The number of rotatable bonds is 5. The molecule has 7 heteroatoms. The average Bonchev–Trinajstić information content (AvgIpc) is 2.42. The largest absolute Gasteiger partial charge is 0.416 e. The molecule has 0 radical (unpaired) electrons. The van der Waals surface area contributed by atoms with Crippen LogP contribution < -0.4 is 10.6 Å². The van der Waals surface area contributed by atoms with Crippen LogP contribution in [0.25, 0.3) is 0 Å². The summed E-state index contributed by atoms with van der Waals surface area (Å²) in [7, 11) is 0. The predicted molar refractivity (Wildman–Crippen MR) is 68.0 cm³/mol. The summed E-state index contributed by atoms with van der Waals surface area (Å²) in [5.74, 6) is 0. The highest BCUT2D eigenvalue weighted by atomic mass is 19.4. The van der Waals surface area contributed by atoms with Crippen molar-refractivity contribution in [2.45, 2.75) is 32.1 Å². The highest BCUT2D eigenvalue weighted by Gasteiger charge is 2.29. The van der Waals surface area contributed by atoms with E-state index in [-0.39, 0.29) is 19.2 Å². The number of hydrogen-bond donors (Lipinski definition) is 3. The summed E-state index contributed by atoms with van der Waals surface area (Å²) in [6.45, 7) is 1.77. The van der Waals surface area contributed by atoms with Gasteiger partial charge in [0.05, 0.1) is 18.2 Å². The molecule has 0 saturated carbocycles. The average molecular weight is 290 g/mol. The van der Waals surface area contributed by atoms with Crippen molar-refractivity contribution < 1.29 is 23.1 Å². The summed E-state index contributed by atoms with van der Waals surface area (Å²) in [6.07, 6.45) is -3.77. The number of aliphatic hydroxyl groups is 1. The van der Waals surface area contributed by atoms with E-state index in [2.05, 4.69) is 10.6 Å². The van der Waals surface area contributed by atoms with Crippen LogP contribution in [0.1, 0.15) is 24.5 Å². The zero-order valence-electron chi connectivity index (χ0n) is 11.0. The number of urea groups is 1. The van der Waals surface area contributed by atoms with E-state index in [4.69, 9.17) is 5.11 Å². The van der Waals surface area contributed by atoms with E-state index in [1.54, 1.807) is 0 Å². The molecule has 0 aliphatic carbocycles. The normalized spacial score (nSPS) is 12.8. The van der Waals surface area contributed by atoms with Gasteiger partial charge < -0.3 is 15.7 Å². The van der Waals surface area contributed by atoms with Gasteiger partial charge >= 0.3 is 12.2 Å². The van der Waals surface area contributed by atoms with Gasteiger partial charge in [0.2, 0.25) is 0 Å². The topological polar surface area (TPSA) is 61.4 Å². The van der Waals surface area contributed by atoms with Crippen molar-refractivity contribution in [3.63, 3.8) is 0 Å². The molecule has 0 aliphatic rings. The lowest BCUT2D eigenvalue weighted by Crippen LogP contribution is -2.43. The third kappa shape index (κ3) is 5.08.